The molecule has 32 heavy (non-hydrogen) atoms. The van der Waals surface area contributed by atoms with Crippen LogP contribution in [0.2, 0.25) is 0 Å². The minimum atomic E-state index is -4.69. The van der Waals surface area contributed by atoms with Gasteiger partial charge < -0.3 is 10.1 Å². The Morgan fingerprint density at radius 2 is 1.62 bits per heavy atom. The fourth-order valence-electron chi connectivity index (χ4n) is 2.93. The lowest BCUT2D eigenvalue weighted by Gasteiger charge is -2.22. The molecule has 0 saturated heterocycles. The maximum atomic E-state index is 13.0. The first-order valence-corrected chi connectivity index (χ1v) is 10.7. The molecule has 0 radical (unpaired) electrons. The highest BCUT2D eigenvalue weighted by Crippen LogP contribution is 2.32. The Bertz CT molecular complexity index is 1230. The van der Waals surface area contributed by atoms with Crippen molar-refractivity contribution in [2.75, 3.05) is 23.8 Å². The first kappa shape index (κ1) is 23.1. The van der Waals surface area contributed by atoms with Crippen LogP contribution >= 0.6 is 0 Å². The van der Waals surface area contributed by atoms with Crippen LogP contribution in [0.1, 0.15) is 15.9 Å². The minimum Gasteiger partial charge on any atom is -0.497 e. The maximum Gasteiger partial charge on any atom is 0.416 e. The molecule has 0 atom stereocenters. The zero-order valence-corrected chi connectivity index (χ0v) is 17.9. The summed E-state index contributed by atoms with van der Waals surface area (Å²) >= 11 is 0. The number of para-hydroxylation sites is 1. The summed E-state index contributed by atoms with van der Waals surface area (Å²) < 4.78 is 71.0. The third kappa shape index (κ3) is 4.86. The Morgan fingerprint density at radius 1 is 0.969 bits per heavy atom. The number of amides is 1. The minimum absolute atomic E-state index is 0.0101. The lowest BCUT2D eigenvalue weighted by atomic mass is 10.1. The largest absolute Gasteiger partial charge is 0.497 e. The molecule has 6 nitrogen and oxygen atoms in total. The van der Waals surface area contributed by atoms with E-state index in [4.69, 9.17) is 4.74 Å². The Balaban J connectivity index is 1.94. The van der Waals surface area contributed by atoms with Crippen LogP contribution in [0.5, 0.6) is 5.75 Å². The summed E-state index contributed by atoms with van der Waals surface area (Å²) in [5.41, 5.74) is -0.594. The number of sulfonamides is 1. The number of hydrogen-bond donors (Lipinski definition) is 1. The normalized spacial score (nSPS) is 11.7. The molecule has 0 aliphatic rings. The number of ether oxygens (including phenoxy) is 1. The van der Waals surface area contributed by atoms with E-state index in [1.807, 2.05) is 0 Å². The fraction of sp³-hybridized carbons (Fsp3) is 0.136. The molecular weight excluding hydrogens is 445 g/mol. The molecule has 0 aromatic heterocycles. The summed E-state index contributed by atoms with van der Waals surface area (Å²) in [6, 6.07) is 15.9. The van der Waals surface area contributed by atoms with E-state index in [1.54, 1.807) is 30.3 Å². The number of rotatable bonds is 6. The second-order valence-corrected chi connectivity index (χ2v) is 8.67. The first-order valence-electron chi connectivity index (χ1n) is 9.24. The number of nitrogens with zero attached hydrogens (tertiary/aromatic N) is 1. The van der Waals surface area contributed by atoms with E-state index in [9.17, 15) is 26.4 Å². The molecule has 0 spiro atoms. The SMILES string of the molecule is COc1ccc(NC(=O)c2ccccc2N(C)S(=O)(=O)c2cccc(C(F)(F)F)c2)cc1. The van der Waals surface area contributed by atoms with E-state index >= 15 is 0 Å². The lowest BCUT2D eigenvalue weighted by molar-refractivity contribution is -0.137. The highest BCUT2D eigenvalue weighted by Gasteiger charge is 2.33. The Kier molecular flexibility index (Phi) is 6.45. The number of nitrogens with one attached hydrogen (secondary N) is 1. The van der Waals surface area contributed by atoms with Crippen molar-refractivity contribution in [2.24, 2.45) is 0 Å². The van der Waals surface area contributed by atoms with E-state index in [2.05, 4.69) is 5.32 Å². The molecule has 3 aromatic carbocycles. The Morgan fingerprint density at radius 3 is 2.25 bits per heavy atom. The quantitative estimate of drug-likeness (QED) is 0.569. The van der Waals surface area contributed by atoms with Crippen molar-refractivity contribution in [3.8, 4) is 5.75 Å². The monoisotopic (exact) mass is 464 g/mol. The second kappa shape index (κ2) is 8.91. The van der Waals surface area contributed by atoms with Gasteiger partial charge in [0.25, 0.3) is 15.9 Å². The van der Waals surface area contributed by atoms with Crippen molar-refractivity contribution in [3.63, 3.8) is 0 Å². The molecule has 10 heteroatoms. The van der Waals surface area contributed by atoms with E-state index in [-0.39, 0.29) is 11.3 Å². The molecule has 0 heterocycles. The number of alkyl halides is 3. The molecule has 0 saturated carbocycles. The molecule has 3 rings (SSSR count). The summed E-state index contributed by atoms with van der Waals surface area (Å²) in [5, 5.41) is 2.66. The number of anilines is 2. The molecule has 3 aromatic rings. The van der Waals surface area contributed by atoms with Gasteiger partial charge in [0, 0.05) is 12.7 Å². The van der Waals surface area contributed by atoms with Crippen molar-refractivity contribution in [1.29, 1.82) is 0 Å². The molecular formula is C22H19F3N2O4S. The molecule has 0 aliphatic heterocycles. The van der Waals surface area contributed by atoms with Crippen LogP contribution in [0.4, 0.5) is 24.5 Å². The van der Waals surface area contributed by atoms with E-state index < -0.39 is 32.6 Å². The number of carbonyl (C=O) groups excluding carboxylic acids is 1. The van der Waals surface area contributed by atoms with Crippen molar-refractivity contribution >= 4 is 27.3 Å². The first-order chi connectivity index (χ1) is 15.0. The van der Waals surface area contributed by atoms with Gasteiger partial charge >= 0.3 is 6.18 Å². The predicted molar refractivity (Wildman–Crippen MR) is 114 cm³/mol. The van der Waals surface area contributed by atoms with Gasteiger partial charge in [-0.2, -0.15) is 13.2 Å². The van der Waals surface area contributed by atoms with Gasteiger partial charge in [-0.3, -0.25) is 9.10 Å². The van der Waals surface area contributed by atoms with Crippen molar-refractivity contribution < 1.29 is 31.1 Å². The van der Waals surface area contributed by atoms with Gasteiger partial charge in [-0.15, -0.1) is 0 Å². The third-order valence-corrected chi connectivity index (χ3v) is 6.42. The Hall–Kier alpha value is -3.53. The molecule has 0 aliphatic carbocycles. The zero-order chi connectivity index (χ0) is 23.5. The van der Waals surface area contributed by atoms with Crippen LogP contribution < -0.4 is 14.4 Å². The molecule has 0 bridgehead atoms. The molecule has 1 amide bonds. The molecule has 0 fully saturated rings. The maximum absolute atomic E-state index is 13.0. The standard InChI is InChI=1S/C22H19F3N2O4S/c1-27(32(29,30)18-7-5-6-15(14-18)22(23,24)25)20-9-4-3-8-19(20)21(28)26-16-10-12-17(31-2)13-11-16/h3-14H,1-2H3,(H,26,28). The van der Waals surface area contributed by atoms with Crippen LogP contribution in [0, 0.1) is 0 Å². The molecule has 168 valence electrons. The topological polar surface area (TPSA) is 75.7 Å². The van der Waals surface area contributed by atoms with Crippen molar-refractivity contribution in [3.05, 3.63) is 83.9 Å². The van der Waals surface area contributed by atoms with E-state index in [1.165, 1.54) is 32.4 Å². The van der Waals surface area contributed by atoms with Crippen LogP contribution in [0.15, 0.2) is 77.7 Å². The van der Waals surface area contributed by atoms with Crippen LogP contribution in [0.25, 0.3) is 0 Å². The summed E-state index contributed by atoms with van der Waals surface area (Å²) in [4.78, 5) is 12.3. The Labute approximate surface area is 183 Å². The summed E-state index contributed by atoms with van der Waals surface area (Å²) in [7, 11) is -1.70. The number of halogens is 3. The summed E-state index contributed by atoms with van der Waals surface area (Å²) in [5.74, 6) is 0.00664. The average molecular weight is 464 g/mol. The summed E-state index contributed by atoms with van der Waals surface area (Å²) in [6.07, 6.45) is -4.69. The van der Waals surface area contributed by atoms with E-state index in [0.717, 1.165) is 22.5 Å². The summed E-state index contributed by atoms with van der Waals surface area (Å²) in [6.45, 7) is 0. The van der Waals surface area contributed by atoms with Gasteiger partial charge in [0.15, 0.2) is 0 Å². The number of benzene rings is 3. The lowest BCUT2D eigenvalue weighted by Crippen LogP contribution is -2.29. The van der Waals surface area contributed by atoms with E-state index in [0.29, 0.717) is 17.5 Å². The highest BCUT2D eigenvalue weighted by atomic mass is 32.2. The van der Waals surface area contributed by atoms with Gasteiger partial charge in [0.2, 0.25) is 0 Å². The van der Waals surface area contributed by atoms with Crippen LogP contribution in [-0.2, 0) is 16.2 Å². The van der Waals surface area contributed by atoms with Gasteiger partial charge in [-0.1, -0.05) is 18.2 Å². The number of methoxy groups -OCH3 is 1. The van der Waals surface area contributed by atoms with Gasteiger partial charge in [0.1, 0.15) is 5.75 Å². The predicted octanol–water partition coefficient (Wildman–Crippen LogP) is 4.79. The number of hydrogen-bond acceptors (Lipinski definition) is 4. The van der Waals surface area contributed by atoms with Gasteiger partial charge in [-0.05, 0) is 54.6 Å². The van der Waals surface area contributed by atoms with Crippen LogP contribution in [-0.4, -0.2) is 28.5 Å². The van der Waals surface area contributed by atoms with Gasteiger partial charge in [0.05, 0.1) is 28.8 Å². The molecule has 0 unspecified atom stereocenters. The van der Waals surface area contributed by atoms with Crippen molar-refractivity contribution in [2.45, 2.75) is 11.1 Å². The smallest absolute Gasteiger partial charge is 0.416 e. The van der Waals surface area contributed by atoms with Crippen LogP contribution in [0.3, 0.4) is 0 Å². The van der Waals surface area contributed by atoms with Crippen molar-refractivity contribution in [1.82, 2.24) is 0 Å². The van der Waals surface area contributed by atoms with Gasteiger partial charge in [-0.25, -0.2) is 8.42 Å². The zero-order valence-electron chi connectivity index (χ0n) is 17.1. The highest BCUT2D eigenvalue weighted by molar-refractivity contribution is 7.92. The average Bonchev–Trinajstić information content (AvgIpc) is 2.78. The number of carbonyl (C=O) groups is 1. The third-order valence-electron chi connectivity index (χ3n) is 4.66. The second-order valence-electron chi connectivity index (χ2n) is 6.70. The fourth-order valence-corrected chi connectivity index (χ4v) is 4.19. The molecule has 1 N–H and O–H groups in total.